The summed E-state index contributed by atoms with van der Waals surface area (Å²) in [7, 11) is 0. The molecule has 1 unspecified atom stereocenters. The van der Waals surface area contributed by atoms with Crippen molar-refractivity contribution in [2.24, 2.45) is 16.8 Å². The van der Waals surface area contributed by atoms with Crippen molar-refractivity contribution in [2.45, 2.75) is 13.5 Å². The number of nitrogens with one attached hydrogen (secondary N) is 1. The van der Waals surface area contributed by atoms with Crippen molar-refractivity contribution in [3.05, 3.63) is 78.0 Å². The minimum Gasteiger partial charge on any atom is -0.385 e. The fourth-order valence-corrected chi connectivity index (χ4v) is 2.44. The summed E-state index contributed by atoms with van der Waals surface area (Å²) in [5.74, 6) is -0.418. The van der Waals surface area contributed by atoms with Gasteiger partial charge in [-0.15, -0.1) is 0 Å². The first-order valence-corrected chi connectivity index (χ1v) is 7.83. The summed E-state index contributed by atoms with van der Waals surface area (Å²) >= 11 is 0. The Balaban J connectivity index is 1.62. The van der Waals surface area contributed by atoms with E-state index in [2.05, 4.69) is 10.4 Å². The molecular formula is C19H20N4O. The molecule has 0 aromatic heterocycles. The van der Waals surface area contributed by atoms with E-state index in [1.165, 1.54) is 5.56 Å². The molecular weight excluding hydrogens is 300 g/mol. The summed E-state index contributed by atoms with van der Waals surface area (Å²) in [5.41, 5.74) is 9.13. The third-order valence-corrected chi connectivity index (χ3v) is 3.85. The number of hydrogen-bond donors (Lipinski definition) is 2. The summed E-state index contributed by atoms with van der Waals surface area (Å²) in [5, 5.41) is 8.87. The molecule has 24 heavy (non-hydrogen) atoms. The molecule has 0 bridgehead atoms. The molecule has 0 aliphatic carbocycles. The Morgan fingerprint density at radius 3 is 2.54 bits per heavy atom. The first-order valence-electron chi connectivity index (χ1n) is 7.83. The quantitative estimate of drug-likeness (QED) is 0.909. The van der Waals surface area contributed by atoms with E-state index in [1.54, 1.807) is 17.3 Å². The molecule has 3 N–H and O–H groups in total. The number of hydrazone groups is 1. The van der Waals surface area contributed by atoms with Crippen molar-refractivity contribution in [3.63, 3.8) is 0 Å². The van der Waals surface area contributed by atoms with Crippen molar-refractivity contribution in [2.75, 3.05) is 5.01 Å². The van der Waals surface area contributed by atoms with Crippen LogP contribution in [0.15, 0.2) is 72.0 Å². The van der Waals surface area contributed by atoms with E-state index in [9.17, 15) is 4.79 Å². The van der Waals surface area contributed by atoms with E-state index in [0.29, 0.717) is 6.54 Å². The van der Waals surface area contributed by atoms with Crippen LogP contribution in [-0.4, -0.2) is 11.7 Å². The number of aryl methyl sites for hydroxylation is 1. The Morgan fingerprint density at radius 1 is 1.17 bits per heavy atom. The van der Waals surface area contributed by atoms with Gasteiger partial charge in [0.2, 0.25) is 5.91 Å². The summed E-state index contributed by atoms with van der Waals surface area (Å²) < 4.78 is 0. The average molecular weight is 320 g/mol. The van der Waals surface area contributed by atoms with Crippen LogP contribution < -0.4 is 16.1 Å². The number of anilines is 1. The Morgan fingerprint density at radius 2 is 1.88 bits per heavy atom. The van der Waals surface area contributed by atoms with Crippen molar-refractivity contribution >= 4 is 17.4 Å². The standard InChI is InChI=1S/C19H20N4O/c1-14-7-9-15(10-8-14)13-21-19(24)17-11-12-23(22-18(17)20)16-5-3-2-4-6-16/h2-12,17H,13H2,1H3,(H2,20,22)(H,21,24). The van der Waals surface area contributed by atoms with Gasteiger partial charge in [-0.25, -0.2) is 5.01 Å². The molecule has 1 amide bonds. The lowest BCUT2D eigenvalue weighted by molar-refractivity contribution is -0.122. The maximum Gasteiger partial charge on any atom is 0.234 e. The van der Waals surface area contributed by atoms with Gasteiger partial charge in [-0.2, -0.15) is 5.10 Å². The predicted molar refractivity (Wildman–Crippen MR) is 96.2 cm³/mol. The van der Waals surface area contributed by atoms with Gasteiger partial charge in [0.25, 0.3) is 0 Å². The van der Waals surface area contributed by atoms with Gasteiger partial charge in [0.1, 0.15) is 11.8 Å². The van der Waals surface area contributed by atoms with E-state index in [1.807, 2.05) is 61.5 Å². The molecule has 1 aliphatic heterocycles. The lowest BCUT2D eigenvalue weighted by atomic mass is 10.1. The molecule has 0 spiro atoms. The molecule has 0 saturated heterocycles. The van der Waals surface area contributed by atoms with Crippen LogP contribution in [0, 0.1) is 12.8 Å². The molecule has 0 saturated carbocycles. The van der Waals surface area contributed by atoms with E-state index >= 15 is 0 Å². The topological polar surface area (TPSA) is 70.7 Å². The molecule has 2 aromatic rings. The second kappa shape index (κ2) is 7.00. The number of hydrogen-bond acceptors (Lipinski definition) is 4. The van der Waals surface area contributed by atoms with Crippen LogP contribution in [0.3, 0.4) is 0 Å². The van der Waals surface area contributed by atoms with E-state index in [0.717, 1.165) is 11.3 Å². The maximum atomic E-state index is 12.4. The van der Waals surface area contributed by atoms with Crippen molar-refractivity contribution in [3.8, 4) is 0 Å². The molecule has 3 rings (SSSR count). The van der Waals surface area contributed by atoms with E-state index in [-0.39, 0.29) is 11.7 Å². The van der Waals surface area contributed by atoms with Gasteiger partial charge in [0, 0.05) is 12.7 Å². The van der Waals surface area contributed by atoms with E-state index < -0.39 is 5.92 Å². The van der Waals surface area contributed by atoms with Gasteiger partial charge >= 0.3 is 0 Å². The fraction of sp³-hybridized carbons (Fsp3) is 0.158. The third kappa shape index (κ3) is 3.63. The Bertz CT molecular complexity index is 766. The summed E-state index contributed by atoms with van der Waals surface area (Å²) in [4.78, 5) is 12.4. The Hall–Kier alpha value is -3.08. The van der Waals surface area contributed by atoms with Crippen molar-refractivity contribution in [1.29, 1.82) is 0 Å². The molecule has 1 aliphatic rings. The molecule has 5 heteroatoms. The normalized spacial score (nSPS) is 16.6. The zero-order valence-electron chi connectivity index (χ0n) is 13.5. The van der Waals surface area contributed by atoms with Gasteiger partial charge < -0.3 is 11.1 Å². The van der Waals surface area contributed by atoms with Gasteiger partial charge in [0.15, 0.2) is 0 Å². The highest BCUT2D eigenvalue weighted by Gasteiger charge is 2.23. The fourth-order valence-electron chi connectivity index (χ4n) is 2.44. The maximum absolute atomic E-state index is 12.4. The van der Waals surface area contributed by atoms with Crippen molar-refractivity contribution < 1.29 is 4.79 Å². The number of nitrogens with zero attached hydrogens (tertiary/aromatic N) is 2. The van der Waals surface area contributed by atoms with Crippen LogP contribution in [0.25, 0.3) is 0 Å². The van der Waals surface area contributed by atoms with Crippen LogP contribution in [0.1, 0.15) is 11.1 Å². The second-order valence-corrected chi connectivity index (χ2v) is 5.73. The first kappa shape index (κ1) is 15.8. The number of rotatable bonds is 4. The second-order valence-electron chi connectivity index (χ2n) is 5.73. The van der Waals surface area contributed by atoms with E-state index in [4.69, 9.17) is 5.73 Å². The van der Waals surface area contributed by atoms with Crippen LogP contribution in [0.5, 0.6) is 0 Å². The first-order chi connectivity index (χ1) is 11.6. The SMILES string of the molecule is Cc1ccc(CNC(=O)C2C=CN(c3ccccc3)N=C2N)cc1. The lowest BCUT2D eigenvalue weighted by Crippen LogP contribution is -2.40. The van der Waals surface area contributed by atoms with Crippen LogP contribution in [0.4, 0.5) is 5.69 Å². The average Bonchev–Trinajstić information content (AvgIpc) is 2.61. The van der Waals surface area contributed by atoms with Gasteiger partial charge in [-0.1, -0.05) is 48.0 Å². The number of benzene rings is 2. The molecule has 1 heterocycles. The summed E-state index contributed by atoms with van der Waals surface area (Å²) in [6.45, 7) is 2.50. The number of para-hydroxylation sites is 1. The highest BCUT2D eigenvalue weighted by Crippen LogP contribution is 2.19. The highest BCUT2D eigenvalue weighted by atomic mass is 16.1. The zero-order chi connectivity index (χ0) is 16.9. The molecule has 2 aromatic carbocycles. The molecule has 0 radical (unpaired) electrons. The largest absolute Gasteiger partial charge is 0.385 e. The minimum atomic E-state index is -0.546. The number of carbonyl (C=O) groups is 1. The van der Waals surface area contributed by atoms with Crippen LogP contribution in [-0.2, 0) is 11.3 Å². The molecule has 122 valence electrons. The smallest absolute Gasteiger partial charge is 0.234 e. The van der Waals surface area contributed by atoms with Gasteiger partial charge in [0.05, 0.1) is 5.69 Å². The Labute approximate surface area is 141 Å². The predicted octanol–water partition coefficient (Wildman–Crippen LogP) is 2.53. The van der Waals surface area contributed by atoms with Gasteiger partial charge in [-0.3, -0.25) is 4.79 Å². The molecule has 0 fully saturated rings. The molecule has 5 nitrogen and oxygen atoms in total. The minimum absolute atomic E-state index is 0.152. The third-order valence-electron chi connectivity index (χ3n) is 3.85. The monoisotopic (exact) mass is 320 g/mol. The van der Waals surface area contributed by atoms with Crippen LogP contribution in [0.2, 0.25) is 0 Å². The summed E-state index contributed by atoms with van der Waals surface area (Å²) in [6.07, 6.45) is 3.53. The number of nitrogens with two attached hydrogens (primary N) is 1. The van der Waals surface area contributed by atoms with Crippen molar-refractivity contribution in [1.82, 2.24) is 5.32 Å². The number of amidine groups is 1. The Kier molecular flexibility index (Phi) is 4.61. The lowest BCUT2D eigenvalue weighted by Gasteiger charge is -2.23. The van der Waals surface area contributed by atoms with Gasteiger partial charge in [-0.05, 0) is 30.7 Å². The highest BCUT2D eigenvalue weighted by molar-refractivity contribution is 6.05. The number of carbonyl (C=O) groups excluding carboxylic acids is 1. The summed E-state index contributed by atoms with van der Waals surface area (Å²) in [6, 6.07) is 17.7. The number of amides is 1. The zero-order valence-corrected chi connectivity index (χ0v) is 13.5. The molecule has 1 atom stereocenters. The van der Waals surface area contributed by atoms with Crippen LogP contribution >= 0.6 is 0 Å².